The molecule has 8 nitrogen and oxygen atoms in total. The number of hydrogen-bond acceptors (Lipinski definition) is 5. The smallest absolute Gasteiger partial charge is 0.404 e. The fourth-order valence-electron chi connectivity index (χ4n) is 3.25. The van der Waals surface area contributed by atoms with Crippen LogP contribution in [0.15, 0.2) is 36.8 Å². The fourth-order valence-corrected chi connectivity index (χ4v) is 3.41. The predicted octanol–water partition coefficient (Wildman–Crippen LogP) is 2.68. The van der Waals surface area contributed by atoms with Crippen molar-refractivity contribution in [1.82, 2.24) is 24.7 Å². The first-order valence-electron chi connectivity index (χ1n) is 8.30. The molecule has 0 radical (unpaired) electrons. The van der Waals surface area contributed by atoms with E-state index < -0.39 is 6.09 Å². The molecule has 9 heteroatoms. The second-order valence-corrected chi connectivity index (χ2v) is 6.63. The summed E-state index contributed by atoms with van der Waals surface area (Å²) in [5.74, 6) is 1.31. The second kappa shape index (κ2) is 6.80. The summed E-state index contributed by atoms with van der Waals surface area (Å²) in [4.78, 5) is 26.4. The predicted molar refractivity (Wildman–Crippen MR) is 97.6 cm³/mol. The average molecular weight is 373 g/mol. The zero-order valence-electron chi connectivity index (χ0n) is 13.8. The quantitative estimate of drug-likeness (QED) is 0.733. The van der Waals surface area contributed by atoms with E-state index in [2.05, 4.69) is 25.2 Å². The van der Waals surface area contributed by atoms with Gasteiger partial charge in [-0.25, -0.2) is 19.7 Å². The molecule has 0 spiro atoms. The zero-order valence-corrected chi connectivity index (χ0v) is 14.6. The molecule has 1 aliphatic heterocycles. The van der Waals surface area contributed by atoms with Crippen molar-refractivity contribution in [3.05, 3.63) is 41.8 Å². The third-order valence-corrected chi connectivity index (χ3v) is 4.64. The highest BCUT2D eigenvalue weighted by molar-refractivity contribution is 6.30. The largest absolute Gasteiger partial charge is 0.465 e. The SMILES string of the molecule is O=C(O)N[C@H]1CCCN(c2ccnc(-c3cnc4ccc(Cl)cn34)n2)C1. The molecule has 2 N–H and O–H groups in total. The van der Waals surface area contributed by atoms with Crippen LogP contribution in [0.4, 0.5) is 10.6 Å². The van der Waals surface area contributed by atoms with E-state index in [4.69, 9.17) is 16.7 Å². The highest BCUT2D eigenvalue weighted by Gasteiger charge is 2.22. The number of nitrogens with one attached hydrogen (secondary N) is 1. The molecule has 1 amide bonds. The number of pyridine rings is 1. The number of rotatable bonds is 3. The van der Waals surface area contributed by atoms with Crippen molar-refractivity contribution in [1.29, 1.82) is 0 Å². The molecule has 0 saturated carbocycles. The number of anilines is 1. The van der Waals surface area contributed by atoms with Gasteiger partial charge in [0.2, 0.25) is 0 Å². The van der Waals surface area contributed by atoms with Crippen LogP contribution in [0.2, 0.25) is 5.02 Å². The summed E-state index contributed by atoms with van der Waals surface area (Å²) in [6.07, 6.45) is 5.93. The van der Waals surface area contributed by atoms with Gasteiger partial charge >= 0.3 is 6.09 Å². The molecular weight excluding hydrogens is 356 g/mol. The Bertz CT molecular complexity index is 959. The molecule has 1 fully saturated rings. The van der Waals surface area contributed by atoms with Crippen LogP contribution in [0.25, 0.3) is 17.2 Å². The van der Waals surface area contributed by atoms with Crippen molar-refractivity contribution >= 4 is 29.2 Å². The minimum Gasteiger partial charge on any atom is -0.465 e. The standard InChI is InChI=1S/C17H17ClN6O2/c18-11-3-4-14-20-8-13(24(14)9-11)16-19-6-5-15(22-16)23-7-1-2-12(10-23)21-17(25)26/h3-6,8-9,12,21H,1-2,7,10H2,(H,25,26)/t12-/m0/s1. The summed E-state index contributed by atoms with van der Waals surface area (Å²) in [6.45, 7) is 1.41. The maximum atomic E-state index is 10.9. The number of piperidine rings is 1. The Balaban J connectivity index is 1.64. The van der Waals surface area contributed by atoms with Crippen LogP contribution >= 0.6 is 11.6 Å². The van der Waals surface area contributed by atoms with Gasteiger partial charge in [0.15, 0.2) is 5.82 Å². The molecule has 26 heavy (non-hydrogen) atoms. The summed E-state index contributed by atoms with van der Waals surface area (Å²) in [5, 5.41) is 12.1. The third kappa shape index (κ3) is 3.28. The molecule has 134 valence electrons. The molecule has 1 atom stereocenters. The number of fused-ring (bicyclic) bond motifs is 1. The number of carboxylic acid groups (broad SMARTS) is 1. The van der Waals surface area contributed by atoms with Gasteiger partial charge in [-0.15, -0.1) is 0 Å². The molecular formula is C17H17ClN6O2. The van der Waals surface area contributed by atoms with E-state index in [-0.39, 0.29) is 6.04 Å². The Morgan fingerprint density at radius 1 is 1.31 bits per heavy atom. The number of aromatic nitrogens is 4. The summed E-state index contributed by atoms with van der Waals surface area (Å²) in [6, 6.07) is 5.36. The van der Waals surface area contributed by atoms with Crippen LogP contribution in [0, 0.1) is 0 Å². The number of amides is 1. The molecule has 4 rings (SSSR count). The van der Waals surface area contributed by atoms with Crippen molar-refractivity contribution in [2.75, 3.05) is 18.0 Å². The maximum Gasteiger partial charge on any atom is 0.404 e. The molecule has 0 aromatic carbocycles. The third-order valence-electron chi connectivity index (χ3n) is 4.41. The second-order valence-electron chi connectivity index (χ2n) is 6.19. The van der Waals surface area contributed by atoms with E-state index in [1.165, 1.54) is 0 Å². The first kappa shape index (κ1) is 16.6. The van der Waals surface area contributed by atoms with Gasteiger partial charge in [-0.2, -0.15) is 0 Å². The van der Waals surface area contributed by atoms with Gasteiger partial charge in [0.05, 0.1) is 11.2 Å². The molecule has 1 aliphatic rings. The number of halogens is 1. The Hall–Kier alpha value is -2.87. The van der Waals surface area contributed by atoms with Crippen LogP contribution in [-0.4, -0.2) is 49.7 Å². The number of hydrogen-bond donors (Lipinski definition) is 2. The van der Waals surface area contributed by atoms with Crippen molar-refractivity contribution < 1.29 is 9.90 Å². The first-order valence-corrected chi connectivity index (χ1v) is 8.68. The minimum absolute atomic E-state index is 0.103. The first-order chi connectivity index (χ1) is 12.6. The molecule has 4 heterocycles. The van der Waals surface area contributed by atoms with Crippen LogP contribution in [0.1, 0.15) is 12.8 Å². The van der Waals surface area contributed by atoms with Gasteiger partial charge in [-0.3, -0.25) is 4.40 Å². The number of carbonyl (C=O) groups is 1. The van der Waals surface area contributed by atoms with E-state index in [1.54, 1.807) is 24.7 Å². The maximum absolute atomic E-state index is 10.9. The van der Waals surface area contributed by atoms with Crippen LogP contribution in [0.3, 0.4) is 0 Å². The van der Waals surface area contributed by atoms with Gasteiger partial charge in [-0.05, 0) is 31.0 Å². The van der Waals surface area contributed by atoms with Crippen molar-refractivity contribution in [3.63, 3.8) is 0 Å². The van der Waals surface area contributed by atoms with E-state index in [0.717, 1.165) is 36.5 Å². The molecule has 0 unspecified atom stereocenters. The minimum atomic E-state index is -0.997. The summed E-state index contributed by atoms with van der Waals surface area (Å²) < 4.78 is 1.85. The monoisotopic (exact) mass is 372 g/mol. The lowest BCUT2D eigenvalue weighted by molar-refractivity contribution is 0.188. The summed E-state index contributed by atoms with van der Waals surface area (Å²) >= 11 is 6.09. The normalized spacial score (nSPS) is 17.4. The lowest BCUT2D eigenvalue weighted by Gasteiger charge is -2.33. The number of nitrogens with zero attached hydrogens (tertiary/aromatic N) is 5. The van der Waals surface area contributed by atoms with Crippen LogP contribution in [0.5, 0.6) is 0 Å². The lowest BCUT2D eigenvalue weighted by atomic mass is 10.1. The molecule has 0 aliphatic carbocycles. The highest BCUT2D eigenvalue weighted by Crippen LogP contribution is 2.23. The van der Waals surface area contributed by atoms with Crippen LogP contribution in [-0.2, 0) is 0 Å². The number of imidazole rings is 1. The van der Waals surface area contributed by atoms with Crippen molar-refractivity contribution in [2.45, 2.75) is 18.9 Å². The van der Waals surface area contributed by atoms with E-state index >= 15 is 0 Å². The lowest BCUT2D eigenvalue weighted by Crippen LogP contribution is -2.47. The topological polar surface area (TPSA) is 95.7 Å². The van der Waals surface area contributed by atoms with Gasteiger partial charge in [0.1, 0.15) is 17.2 Å². The Morgan fingerprint density at radius 2 is 2.19 bits per heavy atom. The van der Waals surface area contributed by atoms with Gasteiger partial charge < -0.3 is 15.3 Å². The van der Waals surface area contributed by atoms with Gasteiger partial charge in [0, 0.05) is 31.5 Å². The highest BCUT2D eigenvalue weighted by atomic mass is 35.5. The Labute approximate surface area is 154 Å². The molecule has 3 aromatic rings. The van der Waals surface area contributed by atoms with Gasteiger partial charge in [-0.1, -0.05) is 11.6 Å². The fraction of sp³-hybridized carbons (Fsp3) is 0.294. The molecule has 3 aromatic heterocycles. The van der Waals surface area contributed by atoms with E-state index in [1.807, 2.05) is 16.5 Å². The van der Waals surface area contributed by atoms with Crippen molar-refractivity contribution in [2.24, 2.45) is 0 Å². The Morgan fingerprint density at radius 3 is 3.04 bits per heavy atom. The summed E-state index contributed by atoms with van der Waals surface area (Å²) in [7, 11) is 0. The van der Waals surface area contributed by atoms with Crippen molar-refractivity contribution in [3.8, 4) is 11.5 Å². The molecule has 0 bridgehead atoms. The zero-order chi connectivity index (χ0) is 18.1. The average Bonchev–Trinajstić information content (AvgIpc) is 3.04. The Kier molecular flexibility index (Phi) is 4.34. The van der Waals surface area contributed by atoms with Gasteiger partial charge in [0.25, 0.3) is 0 Å². The van der Waals surface area contributed by atoms with E-state index in [9.17, 15) is 4.79 Å². The molecule has 1 saturated heterocycles. The van der Waals surface area contributed by atoms with E-state index in [0.29, 0.717) is 17.4 Å². The van der Waals surface area contributed by atoms with Crippen LogP contribution < -0.4 is 10.2 Å². The summed E-state index contributed by atoms with van der Waals surface area (Å²) in [5.41, 5.74) is 1.52.